The van der Waals surface area contributed by atoms with Crippen molar-refractivity contribution in [3.63, 3.8) is 0 Å². The first-order valence-electron chi connectivity index (χ1n) is 5.45. The second kappa shape index (κ2) is 6.27. The van der Waals surface area contributed by atoms with Crippen molar-refractivity contribution in [3.05, 3.63) is 54.7 Å². The van der Waals surface area contributed by atoms with E-state index in [2.05, 4.69) is 23.7 Å². The smallest absolute Gasteiger partial charge is 0.0652 e. The molecule has 0 radical (unpaired) electrons. The van der Waals surface area contributed by atoms with Crippen molar-refractivity contribution in [1.29, 1.82) is 0 Å². The monoisotopic (exact) mass is 319 g/mol. The summed E-state index contributed by atoms with van der Waals surface area (Å²) in [5.74, 6) is 0. The molecule has 0 amide bonds. The SMILES string of the molecule is Cc1ccsc1CNCc1c(Cl)ccc(Cl)c1Cl. The Labute approximate surface area is 126 Å². The van der Waals surface area contributed by atoms with E-state index in [4.69, 9.17) is 34.8 Å². The quantitative estimate of drug-likeness (QED) is 0.753. The summed E-state index contributed by atoms with van der Waals surface area (Å²) in [7, 11) is 0. The number of aryl methyl sites for hydroxylation is 1. The van der Waals surface area contributed by atoms with Gasteiger partial charge < -0.3 is 5.32 Å². The largest absolute Gasteiger partial charge is 0.308 e. The van der Waals surface area contributed by atoms with Gasteiger partial charge >= 0.3 is 0 Å². The van der Waals surface area contributed by atoms with E-state index < -0.39 is 0 Å². The van der Waals surface area contributed by atoms with Crippen molar-refractivity contribution in [2.75, 3.05) is 0 Å². The van der Waals surface area contributed by atoms with E-state index in [0.717, 1.165) is 12.1 Å². The van der Waals surface area contributed by atoms with Gasteiger partial charge in [-0.3, -0.25) is 0 Å². The zero-order valence-electron chi connectivity index (χ0n) is 9.77. The van der Waals surface area contributed by atoms with Crippen molar-refractivity contribution in [2.24, 2.45) is 0 Å². The molecule has 0 aliphatic heterocycles. The Balaban J connectivity index is 2.03. The fourth-order valence-corrected chi connectivity index (χ4v) is 3.17. The van der Waals surface area contributed by atoms with E-state index in [1.807, 2.05) is 0 Å². The topological polar surface area (TPSA) is 12.0 Å². The lowest BCUT2D eigenvalue weighted by Crippen LogP contribution is -2.13. The van der Waals surface area contributed by atoms with Crippen LogP contribution in [0.1, 0.15) is 16.0 Å². The van der Waals surface area contributed by atoms with Crippen molar-refractivity contribution >= 4 is 46.1 Å². The number of hydrogen-bond acceptors (Lipinski definition) is 2. The molecule has 96 valence electrons. The van der Waals surface area contributed by atoms with E-state index in [1.165, 1.54) is 10.4 Å². The number of rotatable bonds is 4. The highest BCUT2D eigenvalue weighted by Gasteiger charge is 2.09. The summed E-state index contributed by atoms with van der Waals surface area (Å²) >= 11 is 20.0. The molecular formula is C13H12Cl3NS. The minimum absolute atomic E-state index is 0.527. The normalized spacial score (nSPS) is 10.9. The Kier molecular flexibility index (Phi) is 4.93. The molecule has 0 bridgehead atoms. The molecule has 2 rings (SSSR count). The molecule has 0 saturated heterocycles. The van der Waals surface area contributed by atoms with E-state index >= 15 is 0 Å². The highest BCUT2D eigenvalue weighted by atomic mass is 35.5. The van der Waals surface area contributed by atoms with Gasteiger partial charge in [-0.1, -0.05) is 34.8 Å². The molecule has 18 heavy (non-hydrogen) atoms. The van der Waals surface area contributed by atoms with Gasteiger partial charge in [-0.05, 0) is 36.1 Å². The van der Waals surface area contributed by atoms with E-state index in [-0.39, 0.29) is 0 Å². The number of thiophene rings is 1. The molecule has 0 spiro atoms. The third-order valence-electron chi connectivity index (χ3n) is 2.69. The van der Waals surface area contributed by atoms with E-state index in [9.17, 15) is 0 Å². The minimum Gasteiger partial charge on any atom is -0.308 e. The summed E-state index contributed by atoms with van der Waals surface area (Å²) < 4.78 is 0. The van der Waals surface area contributed by atoms with Crippen LogP contribution in [0.15, 0.2) is 23.6 Å². The van der Waals surface area contributed by atoms with Gasteiger partial charge in [0.1, 0.15) is 0 Å². The van der Waals surface area contributed by atoms with Gasteiger partial charge in [-0.15, -0.1) is 11.3 Å². The van der Waals surface area contributed by atoms with Crippen molar-refractivity contribution < 1.29 is 0 Å². The van der Waals surface area contributed by atoms with Crippen molar-refractivity contribution in [3.8, 4) is 0 Å². The third kappa shape index (κ3) is 3.19. The van der Waals surface area contributed by atoms with Gasteiger partial charge in [-0.25, -0.2) is 0 Å². The standard InChI is InChI=1S/C13H12Cl3NS/c1-8-4-5-18-12(8)7-17-6-9-10(14)2-3-11(15)13(9)16/h2-5,17H,6-7H2,1H3. The average Bonchev–Trinajstić information content (AvgIpc) is 2.74. The average molecular weight is 321 g/mol. The summed E-state index contributed by atoms with van der Waals surface area (Å²) in [6, 6.07) is 5.59. The first-order valence-corrected chi connectivity index (χ1v) is 7.47. The Hall–Kier alpha value is -0.250. The second-order valence-electron chi connectivity index (χ2n) is 3.95. The van der Waals surface area contributed by atoms with Crippen LogP contribution >= 0.6 is 46.1 Å². The van der Waals surface area contributed by atoms with Crippen LogP contribution in [0.5, 0.6) is 0 Å². The molecule has 1 aromatic heterocycles. The Morgan fingerprint density at radius 3 is 2.44 bits per heavy atom. The van der Waals surface area contributed by atoms with Gasteiger partial charge in [0.2, 0.25) is 0 Å². The van der Waals surface area contributed by atoms with E-state index in [1.54, 1.807) is 23.5 Å². The van der Waals surface area contributed by atoms with Crippen LogP contribution in [0.25, 0.3) is 0 Å². The molecule has 0 fully saturated rings. The maximum absolute atomic E-state index is 6.14. The lowest BCUT2D eigenvalue weighted by atomic mass is 10.2. The zero-order valence-corrected chi connectivity index (χ0v) is 12.9. The molecule has 0 unspecified atom stereocenters. The number of hydrogen-bond donors (Lipinski definition) is 1. The summed E-state index contributed by atoms with van der Waals surface area (Å²) in [4.78, 5) is 1.32. The summed E-state index contributed by atoms with van der Waals surface area (Å²) in [6.45, 7) is 3.52. The fourth-order valence-electron chi connectivity index (χ4n) is 1.62. The van der Waals surface area contributed by atoms with Gasteiger partial charge in [0, 0.05) is 28.6 Å². The first kappa shape index (κ1) is 14.2. The highest BCUT2D eigenvalue weighted by molar-refractivity contribution is 7.10. The van der Waals surface area contributed by atoms with Crippen LogP contribution in [0.2, 0.25) is 15.1 Å². The summed E-state index contributed by atoms with van der Waals surface area (Å²) in [5, 5.41) is 7.12. The molecule has 1 nitrogen and oxygen atoms in total. The molecule has 0 aliphatic carbocycles. The van der Waals surface area contributed by atoms with Gasteiger partial charge in [-0.2, -0.15) is 0 Å². The molecule has 0 saturated carbocycles. The van der Waals surface area contributed by atoms with Gasteiger partial charge in [0.25, 0.3) is 0 Å². The van der Waals surface area contributed by atoms with Crippen LogP contribution < -0.4 is 5.32 Å². The molecule has 1 aromatic carbocycles. The molecule has 5 heteroatoms. The summed E-state index contributed by atoms with van der Waals surface area (Å²) in [5.41, 5.74) is 2.15. The minimum atomic E-state index is 0.527. The Morgan fingerprint density at radius 2 is 1.78 bits per heavy atom. The van der Waals surface area contributed by atoms with Crippen LogP contribution in [0, 0.1) is 6.92 Å². The molecule has 1 N–H and O–H groups in total. The molecule has 1 heterocycles. The van der Waals surface area contributed by atoms with Crippen LogP contribution in [-0.4, -0.2) is 0 Å². The lowest BCUT2D eigenvalue weighted by Gasteiger charge is -2.09. The molecular weight excluding hydrogens is 309 g/mol. The maximum Gasteiger partial charge on any atom is 0.0652 e. The highest BCUT2D eigenvalue weighted by Crippen LogP contribution is 2.31. The molecule has 2 aromatic rings. The number of nitrogens with one attached hydrogen (secondary N) is 1. The van der Waals surface area contributed by atoms with Crippen molar-refractivity contribution in [1.82, 2.24) is 5.32 Å². The van der Waals surface area contributed by atoms with Crippen molar-refractivity contribution in [2.45, 2.75) is 20.0 Å². The van der Waals surface area contributed by atoms with Crippen LogP contribution in [0.3, 0.4) is 0 Å². The predicted molar refractivity (Wildman–Crippen MR) is 81.1 cm³/mol. The second-order valence-corrected chi connectivity index (χ2v) is 6.15. The zero-order chi connectivity index (χ0) is 13.1. The molecule has 0 atom stereocenters. The van der Waals surface area contributed by atoms with Gasteiger partial charge in [0.15, 0.2) is 0 Å². The maximum atomic E-state index is 6.14. The Bertz CT molecular complexity index is 551. The molecule has 0 aliphatic rings. The lowest BCUT2D eigenvalue weighted by molar-refractivity contribution is 0.699. The van der Waals surface area contributed by atoms with Crippen LogP contribution in [0.4, 0.5) is 0 Å². The first-order chi connectivity index (χ1) is 8.59. The number of benzene rings is 1. The predicted octanol–water partition coefficient (Wildman–Crippen LogP) is 5.31. The Morgan fingerprint density at radius 1 is 1.06 bits per heavy atom. The van der Waals surface area contributed by atoms with E-state index in [0.29, 0.717) is 21.6 Å². The summed E-state index contributed by atoms with van der Waals surface area (Å²) in [6.07, 6.45) is 0. The fraction of sp³-hybridized carbons (Fsp3) is 0.231. The van der Waals surface area contributed by atoms with Crippen LogP contribution in [-0.2, 0) is 13.1 Å². The van der Waals surface area contributed by atoms with Gasteiger partial charge in [0.05, 0.1) is 10.0 Å². The third-order valence-corrected chi connectivity index (χ3v) is 4.91. The number of halogens is 3.